The summed E-state index contributed by atoms with van der Waals surface area (Å²) < 4.78 is 13.5. The third kappa shape index (κ3) is 4.53. The van der Waals surface area contributed by atoms with Crippen LogP contribution in [-0.4, -0.2) is 67.6 Å². The van der Waals surface area contributed by atoms with Gasteiger partial charge in [-0.15, -0.1) is 0 Å². The van der Waals surface area contributed by atoms with E-state index in [4.69, 9.17) is 0 Å². The number of halogens is 1. The number of aryl methyl sites for hydroxylation is 1. The molecule has 2 heterocycles. The standard InChI is InChI=1S/C18H27FN4O/c1-14-2-3-15(12-17(14)19)21-18(24)5-7-22-8-10-23(11-9-22)16-4-6-20-13-16/h2-3,12,16,20H,4-11,13H2,1H3,(H,21,24)/t16-/m1/s1. The van der Waals surface area contributed by atoms with Crippen molar-refractivity contribution in [2.75, 3.05) is 51.1 Å². The molecule has 0 spiro atoms. The van der Waals surface area contributed by atoms with E-state index >= 15 is 0 Å². The molecule has 1 aromatic carbocycles. The van der Waals surface area contributed by atoms with Crippen LogP contribution in [0.4, 0.5) is 10.1 Å². The third-order valence-corrected chi connectivity index (χ3v) is 5.07. The predicted molar refractivity (Wildman–Crippen MR) is 93.7 cm³/mol. The Bertz CT molecular complexity index is 566. The van der Waals surface area contributed by atoms with Gasteiger partial charge >= 0.3 is 0 Å². The lowest BCUT2D eigenvalue weighted by atomic mass is 10.2. The van der Waals surface area contributed by atoms with Crippen LogP contribution in [0.1, 0.15) is 18.4 Å². The minimum atomic E-state index is -0.287. The molecule has 1 aromatic rings. The summed E-state index contributed by atoms with van der Waals surface area (Å²) in [4.78, 5) is 16.9. The summed E-state index contributed by atoms with van der Waals surface area (Å²) in [5, 5.41) is 6.20. The molecule has 5 nitrogen and oxygen atoms in total. The van der Waals surface area contributed by atoms with Gasteiger partial charge in [-0.3, -0.25) is 9.69 Å². The van der Waals surface area contributed by atoms with Crippen molar-refractivity contribution in [3.63, 3.8) is 0 Å². The molecule has 0 radical (unpaired) electrons. The second-order valence-electron chi connectivity index (χ2n) is 6.79. The predicted octanol–water partition coefficient (Wildman–Crippen LogP) is 1.44. The van der Waals surface area contributed by atoms with Crippen molar-refractivity contribution in [1.29, 1.82) is 0 Å². The Labute approximate surface area is 143 Å². The van der Waals surface area contributed by atoms with Gasteiger partial charge in [0.25, 0.3) is 0 Å². The quantitative estimate of drug-likeness (QED) is 0.856. The molecule has 2 saturated heterocycles. The number of benzene rings is 1. The van der Waals surface area contributed by atoms with Crippen LogP contribution in [0.15, 0.2) is 18.2 Å². The first-order valence-electron chi connectivity index (χ1n) is 8.85. The summed E-state index contributed by atoms with van der Waals surface area (Å²) in [6, 6.07) is 5.49. The highest BCUT2D eigenvalue weighted by Gasteiger charge is 2.25. The number of piperazine rings is 1. The summed E-state index contributed by atoms with van der Waals surface area (Å²) in [6.45, 7) is 8.90. The fraction of sp³-hybridized carbons (Fsp3) is 0.611. The summed E-state index contributed by atoms with van der Waals surface area (Å²) >= 11 is 0. The molecule has 3 rings (SSSR count). The Balaban J connectivity index is 1.38. The molecule has 2 fully saturated rings. The van der Waals surface area contributed by atoms with Crippen LogP contribution in [0.2, 0.25) is 0 Å². The third-order valence-electron chi connectivity index (χ3n) is 5.07. The van der Waals surface area contributed by atoms with Gasteiger partial charge in [-0.25, -0.2) is 4.39 Å². The molecular weight excluding hydrogens is 307 g/mol. The average Bonchev–Trinajstić information content (AvgIpc) is 3.11. The van der Waals surface area contributed by atoms with Gasteiger partial charge in [-0.05, 0) is 37.6 Å². The maximum absolute atomic E-state index is 13.5. The SMILES string of the molecule is Cc1ccc(NC(=O)CCN2CCN([C@@H]3CCNC3)CC2)cc1F. The zero-order chi connectivity index (χ0) is 16.9. The Morgan fingerprint density at radius 2 is 2.12 bits per heavy atom. The van der Waals surface area contributed by atoms with Crippen LogP contribution in [-0.2, 0) is 4.79 Å². The van der Waals surface area contributed by atoms with Gasteiger partial charge in [-0.1, -0.05) is 6.07 Å². The summed E-state index contributed by atoms with van der Waals surface area (Å²) in [6.07, 6.45) is 1.69. The molecule has 1 atom stereocenters. The van der Waals surface area contributed by atoms with Crippen molar-refractivity contribution < 1.29 is 9.18 Å². The lowest BCUT2D eigenvalue weighted by Gasteiger charge is -2.37. The Morgan fingerprint density at radius 1 is 1.33 bits per heavy atom. The number of amides is 1. The molecule has 0 aromatic heterocycles. The smallest absolute Gasteiger partial charge is 0.225 e. The molecule has 0 aliphatic carbocycles. The van der Waals surface area contributed by atoms with E-state index in [0.29, 0.717) is 23.7 Å². The molecule has 0 saturated carbocycles. The molecule has 1 amide bonds. The molecule has 0 unspecified atom stereocenters. The largest absolute Gasteiger partial charge is 0.326 e. The summed E-state index contributed by atoms with van der Waals surface area (Å²) in [5.74, 6) is -0.342. The number of rotatable bonds is 5. The van der Waals surface area contributed by atoms with Gasteiger partial charge in [0.15, 0.2) is 0 Å². The lowest BCUT2D eigenvalue weighted by molar-refractivity contribution is -0.116. The first-order valence-corrected chi connectivity index (χ1v) is 8.85. The van der Waals surface area contributed by atoms with Crippen molar-refractivity contribution in [2.45, 2.75) is 25.8 Å². The number of nitrogens with one attached hydrogen (secondary N) is 2. The number of anilines is 1. The molecule has 24 heavy (non-hydrogen) atoms. The highest BCUT2D eigenvalue weighted by atomic mass is 19.1. The van der Waals surface area contributed by atoms with Gasteiger partial charge < -0.3 is 15.5 Å². The highest BCUT2D eigenvalue weighted by molar-refractivity contribution is 5.90. The number of hydrogen-bond acceptors (Lipinski definition) is 4. The fourth-order valence-corrected chi connectivity index (χ4v) is 3.46. The Hall–Kier alpha value is -1.50. The van der Waals surface area contributed by atoms with Crippen LogP contribution in [0, 0.1) is 12.7 Å². The van der Waals surface area contributed by atoms with Gasteiger partial charge in [0.2, 0.25) is 5.91 Å². The number of carbonyl (C=O) groups excluding carboxylic acids is 1. The van der Waals surface area contributed by atoms with E-state index in [1.165, 1.54) is 12.5 Å². The minimum Gasteiger partial charge on any atom is -0.326 e. The van der Waals surface area contributed by atoms with Crippen molar-refractivity contribution in [2.24, 2.45) is 0 Å². The van der Waals surface area contributed by atoms with Gasteiger partial charge in [0, 0.05) is 57.4 Å². The van der Waals surface area contributed by atoms with Gasteiger partial charge in [-0.2, -0.15) is 0 Å². The van der Waals surface area contributed by atoms with Crippen molar-refractivity contribution in [3.8, 4) is 0 Å². The first-order chi connectivity index (χ1) is 11.6. The number of hydrogen-bond donors (Lipinski definition) is 2. The maximum atomic E-state index is 13.5. The normalized spacial score (nSPS) is 22.7. The van der Waals surface area contributed by atoms with E-state index < -0.39 is 0 Å². The van der Waals surface area contributed by atoms with Crippen LogP contribution in [0.5, 0.6) is 0 Å². The first kappa shape index (κ1) is 17.3. The molecule has 2 aliphatic heterocycles. The molecular formula is C18H27FN4O. The number of nitrogens with zero attached hydrogens (tertiary/aromatic N) is 2. The zero-order valence-electron chi connectivity index (χ0n) is 14.4. The molecule has 0 bridgehead atoms. The monoisotopic (exact) mass is 334 g/mol. The van der Waals surface area contributed by atoms with Gasteiger partial charge in [0.1, 0.15) is 5.82 Å². The Morgan fingerprint density at radius 3 is 2.79 bits per heavy atom. The maximum Gasteiger partial charge on any atom is 0.225 e. The lowest BCUT2D eigenvalue weighted by Crippen LogP contribution is -2.51. The van der Waals surface area contributed by atoms with E-state index in [9.17, 15) is 9.18 Å². The van der Waals surface area contributed by atoms with E-state index in [1.54, 1.807) is 19.1 Å². The van der Waals surface area contributed by atoms with E-state index in [-0.39, 0.29) is 11.7 Å². The summed E-state index contributed by atoms with van der Waals surface area (Å²) in [5.41, 5.74) is 1.12. The van der Waals surface area contributed by atoms with Crippen molar-refractivity contribution >= 4 is 11.6 Å². The topological polar surface area (TPSA) is 47.6 Å². The van der Waals surface area contributed by atoms with Crippen LogP contribution >= 0.6 is 0 Å². The van der Waals surface area contributed by atoms with Crippen LogP contribution in [0.3, 0.4) is 0 Å². The Kier molecular flexibility index (Phi) is 5.81. The zero-order valence-corrected chi connectivity index (χ0v) is 14.4. The highest BCUT2D eigenvalue weighted by Crippen LogP contribution is 2.15. The molecule has 2 N–H and O–H groups in total. The molecule has 132 valence electrons. The van der Waals surface area contributed by atoms with E-state index in [2.05, 4.69) is 20.4 Å². The van der Waals surface area contributed by atoms with E-state index in [1.807, 2.05) is 0 Å². The second kappa shape index (κ2) is 8.05. The fourth-order valence-electron chi connectivity index (χ4n) is 3.46. The van der Waals surface area contributed by atoms with Crippen LogP contribution < -0.4 is 10.6 Å². The molecule has 2 aliphatic rings. The molecule has 6 heteroatoms. The van der Waals surface area contributed by atoms with Gasteiger partial charge in [0.05, 0.1) is 0 Å². The van der Waals surface area contributed by atoms with Crippen molar-refractivity contribution in [1.82, 2.24) is 15.1 Å². The van der Waals surface area contributed by atoms with Crippen LogP contribution in [0.25, 0.3) is 0 Å². The summed E-state index contributed by atoms with van der Waals surface area (Å²) in [7, 11) is 0. The second-order valence-corrected chi connectivity index (χ2v) is 6.79. The number of carbonyl (C=O) groups is 1. The van der Waals surface area contributed by atoms with Crippen molar-refractivity contribution in [3.05, 3.63) is 29.6 Å². The van der Waals surface area contributed by atoms with E-state index in [0.717, 1.165) is 45.8 Å². The minimum absolute atomic E-state index is 0.0549. The average molecular weight is 334 g/mol.